The monoisotopic (exact) mass is 499 g/mol. The lowest BCUT2D eigenvalue weighted by Gasteiger charge is -2.23. The van der Waals surface area contributed by atoms with Crippen LogP contribution in [0.15, 0.2) is 70.9 Å². The quantitative estimate of drug-likeness (QED) is 0.453. The molecule has 1 heterocycles. The van der Waals surface area contributed by atoms with Crippen molar-refractivity contribution in [3.8, 4) is 0 Å². The van der Waals surface area contributed by atoms with Gasteiger partial charge >= 0.3 is 0 Å². The Kier molecular flexibility index (Phi) is 8.30. The summed E-state index contributed by atoms with van der Waals surface area (Å²) in [5, 5.41) is 5.02. The predicted octanol–water partition coefficient (Wildman–Crippen LogP) is 4.56. The van der Waals surface area contributed by atoms with Gasteiger partial charge in [0.1, 0.15) is 0 Å². The zero-order chi connectivity index (χ0) is 24.9. The molecule has 1 atom stereocenters. The molecule has 182 valence electrons. The van der Waals surface area contributed by atoms with Gasteiger partial charge in [-0.25, -0.2) is 13.1 Å². The van der Waals surface area contributed by atoms with Crippen LogP contribution in [0.2, 0.25) is 0 Å². The van der Waals surface area contributed by atoms with E-state index in [0.717, 1.165) is 11.1 Å². The molecule has 1 amide bonds. The number of rotatable bonds is 9. The Labute approximate surface area is 207 Å². The van der Waals surface area contributed by atoms with Crippen LogP contribution in [0.1, 0.15) is 53.2 Å². The number of hydrogen-bond acceptors (Lipinski definition) is 5. The molecule has 0 bridgehead atoms. The summed E-state index contributed by atoms with van der Waals surface area (Å²) in [5.74, 6) is -0.158. The molecule has 3 rings (SSSR count). The highest BCUT2D eigenvalue weighted by Crippen LogP contribution is 2.24. The second kappa shape index (κ2) is 10.8. The summed E-state index contributed by atoms with van der Waals surface area (Å²) < 4.78 is 28.0. The van der Waals surface area contributed by atoms with E-state index >= 15 is 0 Å². The van der Waals surface area contributed by atoms with Crippen molar-refractivity contribution < 1.29 is 13.2 Å². The summed E-state index contributed by atoms with van der Waals surface area (Å²) in [5.41, 5.74) is 2.35. The van der Waals surface area contributed by atoms with Crippen molar-refractivity contribution in [2.45, 2.75) is 43.7 Å². The van der Waals surface area contributed by atoms with Crippen LogP contribution in [0.3, 0.4) is 0 Å². The van der Waals surface area contributed by atoms with Crippen molar-refractivity contribution in [2.75, 3.05) is 20.6 Å². The smallest absolute Gasteiger partial charge is 0.251 e. The maximum absolute atomic E-state index is 12.7. The van der Waals surface area contributed by atoms with E-state index in [9.17, 15) is 13.2 Å². The van der Waals surface area contributed by atoms with Gasteiger partial charge in [0.05, 0.1) is 10.9 Å². The third-order valence-electron chi connectivity index (χ3n) is 5.66. The number of likely N-dealkylation sites (N-methyl/N-ethyl adjacent to an activating group) is 1. The summed E-state index contributed by atoms with van der Waals surface area (Å²) in [6.45, 7) is 6.91. The number of amides is 1. The van der Waals surface area contributed by atoms with Gasteiger partial charge in [0, 0.05) is 23.5 Å². The molecule has 34 heavy (non-hydrogen) atoms. The number of sulfonamides is 1. The van der Waals surface area contributed by atoms with E-state index in [4.69, 9.17) is 0 Å². The Bertz CT molecular complexity index is 1180. The molecule has 0 aliphatic carbocycles. The van der Waals surface area contributed by atoms with Gasteiger partial charge in [0.15, 0.2) is 0 Å². The minimum absolute atomic E-state index is 0.0406. The van der Waals surface area contributed by atoms with E-state index < -0.39 is 10.0 Å². The first-order valence-electron chi connectivity index (χ1n) is 11.1. The SMILES string of the molecule is CN(C)C(CNC(=O)c1ccc(CNS(=O)(=O)c2ccc(C(C)(C)C)cc2)cc1)c1cccs1. The topological polar surface area (TPSA) is 78.5 Å². The Balaban J connectivity index is 1.57. The van der Waals surface area contributed by atoms with E-state index in [2.05, 4.69) is 41.8 Å². The Morgan fingerprint density at radius 3 is 2.18 bits per heavy atom. The van der Waals surface area contributed by atoms with Gasteiger partial charge in [-0.3, -0.25) is 4.79 Å². The van der Waals surface area contributed by atoms with E-state index in [1.165, 1.54) is 4.88 Å². The van der Waals surface area contributed by atoms with Crippen molar-refractivity contribution in [3.63, 3.8) is 0 Å². The molecule has 1 aromatic heterocycles. The minimum Gasteiger partial charge on any atom is -0.350 e. The van der Waals surface area contributed by atoms with Crippen LogP contribution in [-0.2, 0) is 22.0 Å². The zero-order valence-corrected chi connectivity index (χ0v) is 22.0. The molecule has 0 spiro atoms. The molecule has 1 unspecified atom stereocenters. The van der Waals surface area contributed by atoms with Crippen LogP contribution in [0, 0.1) is 0 Å². The molecule has 8 heteroatoms. The molecular weight excluding hydrogens is 466 g/mol. The molecule has 3 aromatic rings. The Morgan fingerprint density at radius 1 is 1.00 bits per heavy atom. The summed E-state index contributed by atoms with van der Waals surface area (Å²) in [6.07, 6.45) is 0. The zero-order valence-electron chi connectivity index (χ0n) is 20.3. The highest BCUT2D eigenvalue weighted by atomic mass is 32.2. The first-order valence-corrected chi connectivity index (χ1v) is 13.5. The second-order valence-electron chi connectivity index (χ2n) is 9.50. The number of thiophene rings is 1. The summed E-state index contributed by atoms with van der Waals surface area (Å²) in [6, 6.07) is 18.1. The molecule has 6 nitrogen and oxygen atoms in total. The molecule has 2 N–H and O–H groups in total. The average molecular weight is 500 g/mol. The molecular formula is C26H33N3O3S2. The van der Waals surface area contributed by atoms with E-state index in [1.807, 2.05) is 37.7 Å². The highest BCUT2D eigenvalue weighted by molar-refractivity contribution is 7.89. The lowest BCUT2D eigenvalue weighted by atomic mass is 9.87. The van der Waals surface area contributed by atoms with E-state index in [1.54, 1.807) is 47.7 Å². The van der Waals surface area contributed by atoms with Gasteiger partial charge in [0.25, 0.3) is 5.91 Å². The van der Waals surface area contributed by atoms with E-state index in [0.29, 0.717) is 12.1 Å². The molecule has 0 fully saturated rings. The fourth-order valence-corrected chi connectivity index (χ4v) is 5.42. The maximum atomic E-state index is 12.7. The Morgan fingerprint density at radius 2 is 1.65 bits per heavy atom. The highest BCUT2D eigenvalue weighted by Gasteiger charge is 2.18. The first kappa shape index (κ1) is 26.1. The molecule has 0 aliphatic heterocycles. The van der Waals surface area contributed by atoms with Gasteiger partial charge in [-0.2, -0.15) is 0 Å². The summed E-state index contributed by atoms with van der Waals surface area (Å²) in [4.78, 5) is 16.1. The number of nitrogens with zero attached hydrogens (tertiary/aromatic N) is 1. The van der Waals surface area contributed by atoms with Crippen molar-refractivity contribution >= 4 is 27.3 Å². The van der Waals surface area contributed by atoms with Gasteiger partial charge in [-0.15, -0.1) is 11.3 Å². The van der Waals surface area contributed by atoms with E-state index in [-0.39, 0.29) is 28.8 Å². The van der Waals surface area contributed by atoms with Crippen LogP contribution in [0.25, 0.3) is 0 Å². The van der Waals surface area contributed by atoms with Gasteiger partial charge < -0.3 is 10.2 Å². The van der Waals surface area contributed by atoms with Gasteiger partial charge in [0.2, 0.25) is 10.0 Å². The molecule has 0 saturated carbocycles. The summed E-state index contributed by atoms with van der Waals surface area (Å²) in [7, 11) is 0.355. The average Bonchev–Trinajstić information content (AvgIpc) is 3.32. The van der Waals surface area contributed by atoms with Crippen LogP contribution in [-0.4, -0.2) is 39.9 Å². The van der Waals surface area contributed by atoms with Crippen LogP contribution >= 0.6 is 11.3 Å². The van der Waals surface area contributed by atoms with Crippen molar-refractivity contribution in [1.29, 1.82) is 0 Å². The van der Waals surface area contributed by atoms with Crippen molar-refractivity contribution in [1.82, 2.24) is 14.9 Å². The van der Waals surface area contributed by atoms with Crippen molar-refractivity contribution in [2.24, 2.45) is 0 Å². The number of carbonyl (C=O) groups is 1. The minimum atomic E-state index is -3.63. The van der Waals surface area contributed by atoms with Crippen LogP contribution in [0.5, 0.6) is 0 Å². The lowest BCUT2D eigenvalue weighted by molar-refractivity contribution is 0.0942. The first-order chi connectivity index (χ1) is 16.0. The molecule has 2 aromatic carbocycles. The fourth-order valence-electron chi connectivity index (χ4n) is 3.48. The fraction of sp³-hybridized carbons (Fsp3) is 0.346. The number of hydrogen-bond donors (Lipinski definition) is 2. The van der Waals surface area contributed by atoms with Crippen molar-refractivity contribution in [3.05, 3.63) is 87.6 Å². The largest absolute Gasteiger partial charge is 0.350 e. The van der Waals surface area contributed by atoms with Crippen LogP contribution < -0.4 is 10.0 Å². The number of benzene rings is 2. The Hall–Kier alpha value is -2.52. The van der Waals surface area contributed by atoms with Gasteiger partial charge in [-0.1, -0.05) is 51.1 Å². The normalized spacial score (nSPS) is 13.1. The van der Waals surface area contributed by atoms with Crippen LogP contribution in [0.4, 0.5) is 0 Å². The second-order valence-corrected chi connectivity index (χ2v) is 12.2. The lowest BCUT2D eigenvalue weighted by Crippen LogP contribution is -2.34. The molecule has 0 aliphatic rings. The maximum Gasteiger partial charge on any atom is 0.251 e. The third-order valence-corrected chi connectivity index (χ3v) is 8.05. The predicted molar refractivity (Wildman–Crippen MR) is 139 cm³/mol. The third kappa shape index (κ3) is 6.76. The number of carbonyl (C=O) groups excluding carboxylic acids is 1. The standard InChI is InChI=1S/C26H33N3O3S2/c1-26(2,3)21-12-14-22(15-13-21)34(31,32)28-17-19-8-10-20(11-9-19)25(30)27-18-23(29(4)5)24-7-6-16-33-24/h6-16,23,28H,17-18H2,1-5H3,(H,27,30). The summed E-state index contributed by atoms with van der Waals surface area (Å²) >= 11 is 1.67. The number of nitrogens with one attached hydrogen (secondary N) is 2. The van der Waals surface area contributed by atoms with Gasteiger partial charge in [-0.05, 0) is 66.3 Å². The molecule has 0 radical (unpaired) electrons. The molecule has 0 saturated heterocycles.